The minimum Gasteiger partial charge on any atom is -0.444 e. The van der Waals surface area contributed by atoms with Crippen LogP contribution in [-0.2, 0) is 15.9 Å². The van der Waals surface area contributed by atoms with Crippen LogP contribution in [0, 0.1) is 0 Å². The molecular weight excluding hydrogens is 458 g/mol. The van der Waals surface area contributed by atoms with Crippen LogP contribution in [0.15, 0.2) is 30.7 Å². The quantitative estimate of drug-likeness (QED) is 0.547. The number of rotatable bonds is 4. The zero-order valence-electron chi connectivity index (χ0n) is 21.6. The molecule has 2 aliphatic heterocycles. The van der Waals surface area contributed by atoms with E-state index in [1.807, 2.05) is 39.2 Å². The van der Waals surface area contributed by atoms with E-state index in [1.54, 1.807) is 4.90 Å². The van der Waals surface area contributed by atoms with Gasteiger partial charge in [0.1, 0.15) is 11.4 Å². The molecule has 0 radical (unpaired) electrons. The topological polar surface area (TPSA) is 88.3 Å². The Morgan fingerprint density at radius 3 is 2.39 bits per heavy atom. The molecule has 3 aromatic rings. The molecule has 0 N–H and O–H groups in total. The summed E-state index contributed by atoms with van der Waals surface area (Å²) in [5.74, 6) is 1.80. The number of morpholine rings is 1. The van der Waals surface area contributed by atoms with Crippen LogP contribution in [0.1, 0.15) is 33.4 Å². The van der Waals surface area contributed by atoms with Crippen LogP contribution < -0.4 is 9.80 Å². The maximum Gasteiger partial charge on any atom is 0.410 e. The van der Waals surface area contributed by atoms with Gasteiger partial charge in [0.2, 0.25) is 0 Å². The third-order valence-electron chi connectivity index (χ3n) is 6.50. The van der Waals surface area contributed by atoms with Crippen molar-refractivity contribution in [2.75, 3.05) is 62.3 Å². The zero-order valence-corrected chi connectivity index (χ0v) is 21.6. The lowest BCUT2D eigenvalue weighted by Crippen LogP contribution is -2.50. The second kappa shape index (κ2) is 9.93. The Kier molecular flexibility index (Phi) is 6.70. The van der Waals surface area contributed by atoms with E-state index in [4.69, 9.17) is 24.4 Å². The molecule has 5 heterocycles. The van der Waals surface area contributed by atoms with E-state index < -0.39 is 5.60 Å². The number of ether oxygens (including phenoxy) is 2. The maximum absolute atomic E-state index is 12.4. The van der Waals surface area contributed by atoms with Gasteiger partial charge in [-0.1, -0.05) is 6.92 Å². The van der Waals surface area contributed by atoms with E-state index in [0.29, 0.717) is 39.4 Å². The lowest BCUT2D eigenvalue weighted by Gasteiger charge is -2.36. The van der Waals surface area contributed by atoms with Crippen LogP contribution in [0.4, 0.5) is 16.4 Å². The fourth-order valence-electron chi connectivity index (χ4n) is 4.56. The number of carbonyl (C=O) groups excluding carboxylic acids is 1. The van der Waals surface area contributed by atoms with Gasteiger partial charge in [0, 0.05) is 57.2 Å². The molecule has 0 atom stereocenters. The standard InChI is InChI=1S/C26H35N7O3/c1-5-20-18-33-21(17-28-23(24(33)29-20)31-12-14-35-15-13-31)19-6-7-22(27-16-19)30-8-10-32(11-9-30)25(34)36-26(2,3)4/h6-7,16-18H,5,8-15H2,1-4H3. The van der Waals surface area contributed by atoms with Gasteiger partial charge in [-0.15, -0.1) is 0 Å². The average molecular weight is 494 g/mol. The summed E-state index contributed by atoms with van der Waals surface area (Å²) in [4.78, 5) is 33.0. The minimum atomic E-state index is -0.487. The number of nitrogens with zero attached hydrogens (tertiary/aromatic N) is 7. The largest absolute Gasteiger partial charge is 0.444 e. The smallest absolute Gasteiger partial charge is 0.410 e. The van der Waals surface area contributed by atoms with Crippen molar-refractivity contribution in [1.29, 1.82) is 0 Å². The number of aromatic nitrogens is 4. The zero-order chi connectivity index (χ0) is 25.3. The number of anilines is 2. The first-order chi connectivity index (χ1) is 17.3. The summed E-state index contributed by atoms with van der Waals surface area (Å²) < 4.78 is 13.2. The molecule has 3 aromatic heterocycles. The second-order valence-electron chi connectivity index (χ2n) is 10.2. The van der Waals surface area contributed by atoms with Crippen LogP contribution in [0.5, 0.6) is 0 Å². The van der Waals surface area contributed by atoms with Gasteiger partial charge in [0.05, 0.1) is 30.8 Å². The number of amides is 1. The Hall–Kier alpha value is -3.40. The van der Waals surface area contributed by atoms with E-state index in [1.165, 1.54) is 0 Å². The van der Waals surface area contributed by atoms with E-state index in [2.05, 4.69) is 33.4 Å². The van der Waals surface area contributed by atoms with Gasteiger partial charge in [0.25, 0.3) is 0 Å². The average Bonchev–Trinajstić information content (AvgIpc) is 3.33. The minimum absolute atomic E-state index is 0.255. The van der Waals surface area contributed by atoms with Crippen LogP contribution in [0.2, 0.25) is 0 Å². The monoisotopic (exact) mass is 493 g/mol. The van der Waals surface area contributed by atoms with Crippen molar-refractivity contribution in [3.05, 3.63) is 36.4 Å². The van der Waals surface area contributed by atoms with Crippen molar-refractivity contribution < 1.29 is 14.3 Å². The highest BCUT2D eigenvalue weighted by Gasteiger charge is 2.26. The number of imidazole rings is 1. The molecule has 0 saturated carbocycles. The van der Waals surface area contributed by atoms with E-state index in [-0.39, 0.29) is 6.09 Å². The van der Waals surface area contributed by atoms with Crippen molar-refractivity contribution in [3.8, 4) is 11.3 Å². The first kappa shape index (κ1) is 24.3. The first-order valence-electron chi connectivity index (χ1n) is 12.7. The maximum atomic E-state index is 12.4. The Morgan fingerprint density at radius 2 is 1.75 bits per heavy atom. The fourth-order valence-corrected chi connectivity index (χ4v) is 4.56. The number of carbonyl (C=O) groups is 1. The lowest BCUT2D eigenvalue weighted by molar-refractivity contribution is 0.0240. The molecule has 10 heteroatoms. The van der Waals surface area contributed by atoms with Crippen molar-refractivity contribution in [3.63, 3.8) is 0 Å². The van der Waals surface area contributed by atoms with Crippen molar-refractivity contribution >= 4 is 23.4 Å². The second-order valence-corrected chi connectivity index (χ2v) is 10.2. The van der Waals surface area contributed by atoms with Crippen LogP contribution in [0.3, 0.4) is 0 Å². The number of hydrogen-bond acceptors (Lipinski definition) is 8. The number of fused-ring (bicyclic) bond motifs is 1. The molecule has 10 nitrogen and oxygen atoms in total. The first-order valence-corrected chi connectivity index (χ1v) is 12.7. The normalized spacial score (nSPS) is 17.1. The Balaban J connectivity index is 1.33. The molecule has 2 saturated heterocycles. The third-order valence-corrected chi connectivity index (χ3v) is 6.50. The molecule has 0 aromatic carbocycles. The van der Waals surface area contributed by atoms with Gasteiger partial charge in [0.15, 0.2) is 11.5 Å². The molecule has 0 bridgehead atoms. The van der Waals surface area contributed by atoms with E-state index in [9.17, 15) is 4.79 Å². The molecule has 2 aliphatic rings. The summed E-state index contributed by atoms with van der Waals surface area (Å²) in [7, 11) is 0. The highest BCUT2D eigenvalue weighted by Crippen LogP contribution is 2.28. The van der Waals surface area contributed by atoms with Gasteiger partial charge in [-0.05, 0) is 39.3 Å². The summed E-state index contributed by atoms with van der Waals surface area (Å²) in [5, 5.41) is 0. The fraction of sp³-hybridized carbons (Fsp3) is 0.538. The Morgan fingerprint density at radius 1 is 1.00 bits per heavy atom. The molecule has 1 amide bonds. The molecule has 0 aliphatic carbocycles. The molecule has 192 valence electrons. The van der Waals surface area contributed by atoms with Crippen molar-refractivity contribution in [2.24, 2.45) is 0 Å². The highest BCUT2D eigenvalue weighted by atomic mass is 16.6. The molecular formula is C26H35N7O3. The summed E-state index contributed by atoms with van der Waals surface area (Å²) in [6, 6.07) is 4.12. The third kappa shape index (κ3) is 5.09. The number of aryl methyl sites for hydroxylation is 1. The van der Waals surface area contributed by atoms with Gasteiger partial charge < -0.3 is 24.2 Å². The number of pyridine rings is 1. The predicted molar refractivity (Wildman–Crippen MR) is 139 cm³/mol. The van der Waals surface area contributed by atoms with Gasteiger partial charge in [-0.3, -0.25) is 4.40 Å². The van der Waals surface area contributed by atoms with Crippen molar-refractivity contribution in [1.82, 2.24) is 24.3 Å². The highest BCUT2D eigenvalue weighted by molar-refractivity contribution is 5.72. The predicted octanol–water partition coefficient (Wildman–Crippen LogP) is 3.25. The molecule has 0 spiro atoms. The van der Waals surface area contributed by atoms with Gasteiger partial charge in [-0.25, -0.2) is 19.7 Å². The molecule has 0 unspecified atom stereocenters. The molecule has 2 fully saturated rings. The van der Waals surface area contributed by atoms with Crippen LogP contribution >= 0.6 is 0 Å². The summed E-state index contributed by atoms with van der Waals surface area (Å²) >= 11 is 0. The summed E-state index contributed by atoms with van der Waals surface area (Å²) in [6.45, 7) is 13.5. The summed E-state index contributed by atoms with van der Waals surface area (Å²) in [5.41, 5.74) is 3.36. The van der Waals surface area contributed by atoms with Crippen LogP contribution in [0.25, 0.3) is 16.9 Å². The van der Waals surface area contributed by atoms with Crippen LogP contribution in [-0.4, -0.2) is 88.4 Å². The SMILES string of the molecule is CCc1cn2c(-c3ccc(N4CCN(C(=O)OC(C)(C)C)CC4)nc3)cnc(N3CCOCC3)c2n1. The summed E-state index contributed by atoms with van der Waals surface area (Å²) in [6.07, 6.45) is 6.51. The Labute approximate surface area is 211 Å². The van der Waals surface area contributed by atoms with Gasteiger partial charge >= 0.3 is 6.09 Å². The Bertz CT molecular complexity index is 1200. The lowest BCUT2D eigenvalue weighted by atomic mass is 10.2. The number of hydrogen-bond donors (Lipinski definition) is 0. The van der Waals surface area contributed by atoms with Crippen molar-refractivity contribution in [2.45, 2.75) is 39.7 Å². The molecule has 36 heavy (non-hydrogen) atoms. The number of piperazine rings is 1. The van der Waals surface area contributed by atoms with E-state index >= 15 is 0 Å². The van der Waals surface area contributed by atoms with Gasteiger partial charge in [-0.2, -0.15) is 0 Å². The molecule has 5 rings (SSSR count). The van der Waals surface area contributed by atoms with E-state index in [0.717, 1.165) is 53.7 Å².